The Morgan fingerprint density at radius 2 is 1.21 bits per heavy atom. The number of allylic oxidation sites excluding steroid dienone is 1. The molecule has 4 heteroatoms. The molecule has 0 aliphatic carbocycles. The topological polar surface area (TPSA) is 52.6 Å². The fourth-order valence-corrected chi connectivity index (χ4v) is 3.20. The average Bonchev–Trinajstić information content (AvgIpc) is 2.66. The molecule has 0 amide bonds. The van der Waals surface area contributed by atoms with E-state index in [4.69, 9.17) is 9.90 Å². The standard InChI is InChI=1S/C23H48N2.C2H4O2/c1-4-5-6-7-8-9-10-11-12-13-14-15-16-17-18-19-21-24-22-20-23-25(2)3;1-2(3)4/h19,21,24H,4-18,20,22-23H2,1-3H3;1H3,(H,3,4). The van der Waals surface area contributed by atoms with Gasteiger partial charge in [0.15, 0.2) is 0 Å². The first-order chi connectivity index (χ1) is 14.0. The number of carboxylic acids is 1. The fraction of sp³-hybridized carbons (Fsp3) is 0.880. The Hall–Kier alpha value is -1.03. The van der Waals surface area contributed by atoms with Crippen LogP contribution in [0, 0.1) is 0 Å². The van der Waals surface area contributed by atoms with E-state index in [2.05, 4.69) is 43.5 Å². The van der Waals surface area contributed by atoms with Crippen LogP contribution in [0.2, 0.25) is 0 Å². The highest BCUT2D eigenvalue weighted by atomic mass is 16.4. The molecule has 0 rings (SSSR count). The van der Waals surface area contributed by atoms with Gasteiger partial charge in [0.1, 0.15) is 0 Å². The molecule has 0 atom stereocenters. The number of rotatable bonds is 20. The molecule has 4 nitrogen and oxygen atoms in total. The van der Waals surface area contributed by atoms with Gasteiger partial charge in [0.25, 0.3) is 5.97 Å². The summed E-state index contributed by atoms with van der Waals surface area (Å²) in [6.45, 7) is 5.63. The van der Waals surface area contributed by atoms with Gasteiger partial charge >= 0.3 is 0 Å². The van der Waals surface area contributed by atoms with Gasteiger partial charge in [0.2, 0.25) is 0 Å². The van der Waals surface area contributed by atoms with Crippen molar-refractivity contribution in [2.24, 2.45) is 0 Å². The molecule has 0 aromatic heterocycles. The number of unbranched alkanes of at least 4 members (excludes halogenated alkanes) is 14. The lowest BCUT2D eigenvalue weighted by atomic mass is 10.0. The van der Waals surface area contributed by atoms with Gasteiger partial charge in [-0.2, -0.15) is 0 Å². The van der Waals surface area contributed by atoms with Crippen LogP contribution >= 0.6 is 0 Å². The van der Waals surface area contributed by atoms with Gasteiger partial charge in [-0.1, -0.05) is 96.5 Å². The number of nitrogens with zero attached hydrogens (tertiary/aromatic N) is 1. The number of hydrogen-bond donors (Lipinski definition) is 2. The van der Waals surface area contributed by atoms with Crippen LogP contribution in [-0.4, -0.2) is 43.2 Å². The normalized spacial score (nSPS) is 10.9. The first-order valence-electron chi connectivity index (χ1n) is 12.2. The van der Waals surface area contributed by atoms with E-state index >= 15 is 0 Å². The van der Waals surface area contributed by atoms with E-state index in [9.17, 15) is 0 Å². The Balaban J connectivity index is 0. The molecule has 0 aromatic rings. The van der Waals surface area contributed by atoms with E-state index in [1.165, 1.54) is 109 Å². The maximum atomic E-state index is 9.00. The molecule has 0 saturated carbocycles. The Morgan fingerprint density at radius 1 is 0.793 bits per heavy atom. The van der Waals surface area contributed by atoms with Crippen LogP contribution < -0.4 is 5.32 Å². The van der Waals surface area contributed by atoms with E-state index < -0.39 is 5.97 Å². The highest BCUT2D eigenvalue weighted by Crippen LogP contribution is 2.13. The summed E-state index contributed by atoms with van der Waals surface area (Å²) in [5.41, 5.74) is 0. The summed E-state index contributed by atoms with van der Waals surface area (Å²) in [6.07, 6.45) is 27.1. The second-order valence-corrected chi connectivity index (χ2v) is 8.42. The largest absolute Gasteiger partial charge is 0.481 e. The third kappa shape index (κ3) is 38.2. The lowest BCUT2D eigenvalue weighted by Crippen LogP contribution is -2.18. The second kappa shape index (κ2) is 27.0. The SMILES string of the molecule is CC(=O)O.CCCCCCCCCCCCCCCCC=CNCCCN(C)C. The van der Waals surface area contributed by atoms with E-state index in [0.717, 1.165) is 13.5 Å². The van der Waals surface area contributed by atoms with Crippen LogP contribution in [0.5, 0.6) is 0 Å². The molecular weight excluding hydrogens is 360 g/mol. The minimum absolute atomic E-state index is 0.833. The van der Waals surface area contributed by atoms with Crippen LogP contribution in [0.4, 0.5) is 0 Å². The summed E-state index contributed by atoms with van der Waals surface area (Å²) in [5, 5.41) is 10.8. The number of aliphatic carboxylic acids is 1. The Kier molecular flexibility index (Phi) is 28.1. The number of carboxylic acid groups (broad SMARTS) is 1. The number of nitrogens with one attached hydrogen (secondary N) is 1. The van der Waals surface area contributed by atoms with Crippen LogP contribution in [0.1, 0.15) is 117 Å². The van der Waals surface area contributed by atoms with Crippen molar-refractivity contribution in [1.29, 1.82) is 0 Å². The summed E-state index contributed by atoms with van der Waals surface area (Å²) in [6, 6.07) is 0. The molecule has 0 aromatic carbocycles. The van der Waals surface area contributed by atoms with E-state index in [0.29, 0.717) is 0 Å². The molecule has 0 saturated heterocycles. The lowest BCUT2D eigenvalue weighted by molar-refractivity contribution is -0.134. The maximum Gasteiger partial charge on any atom is 0.300 e. The fourth-order valence-electron chi connectivity index (χ4n) is 3.20. The third-order valence-corrected chi connectivity index (χ3v) is 4.89. The first kappa shape index (κ1) is 30.2. The average molecular weight is 413 g/mol. The van der Waals surface area contributed by atoms with Crippen molar-refractivity contribution in [1.82, 2.24) is 10.2 Å². The second-order valence-electron chi connectivity index (χ2n) is 8.42. The van der Waals surface area contributed by atoms with Crippen molar-refractivity contribution in [3.8, 4) is 0 Å². The molecule has 0 spiro atoms. The van der Waals surface area contributed by atoms with Gasteiger partial charge in [-0.3, -0.25) is 4.79 Å². The number of hydrogen-bond acceptors (Lipinski definition) is 3. The van der Waals surface area contributed by atoms with Gasteiger partial charge in [-0.15, -0.1) is 0 Å². The van der Waals surface area contributed by atoms with Gasteiger partial charge in [-0.05, 0) is 46.1 Å². The molecule has 2 N–H and O–H groups in total. The predicted octanol–water partition coefficient (Wildman–Crippen LogP) is 7.00. The Labute approximate surface area is 182 Å². The quantitative estimate of drug-likeness (QED) is 0.211. The van der Waals surface area contributed by atoms with E-state index in [1.807, 2.05) is 0 Å². The molecule has 174 valence electrons. The molecule has 0 unspecified atom stereocenters. The summed E-state index contributed by atoms with van der Waals surface area (Å²) < 4.78 is 0. The molecule has 0 radical (unpaired) electrons. The minimum atomic E-state index is -0.833. The van der Waals surface area contributed by atoms with Crippen LogP contribution in [0.15, 0.2) is 12.3 Å². The summed E-state index contributed by atoms with van der Waals surface area (Å²) in [7, 11) is 4.26. The Morgan fingerprint density at radius 3 is 1.62 bits per heavy atom. The molecule has 0 aliphatic rings. The van der Waals surface area contributed by atoms with Crippen LogP contribution in [-0.2, 0) is 4.79 Å². The molecule has 29 heavy (non-hydrogen) atoms. The van der Waals surface area contributed by atoms with Crippen molar-refractivity contribution in [2.45, 2.75) is 117 Å². The highest BCUT2D eigenvalue weighted by Gasteiger charge is 1.94. The van der Waals surface area contributed by atoms with Crippen molar-refractivity contribution in [2.75, 3.05) is 27.2 Å². The highest BCUT2D eigenvalue weighted by molar-refractivity contribution is 5.62. The van der Waals surface area contributed by atoms with Crippen LogP contribution in [0.25, 0.3) is 0 Å². The maximum absolute atomic E-state index is 9.00. The van der Waals surface area contributed by atoms with Crippen molar-refractivity contribution in [3.63, 3.8) is 0 Å². The molecule has 0 aliphatic heterocycles. The molecule has 0 fully saturated rings. The van der Waals surface area contributed by atoms with Crippen molar-refractivity contribution < 1.29 is 9.90 Å². The third-order valence-electron chi connectivity index (χ3n) is 4.89. The number of carbonyl (C=O) groups is 1. The van der Waals surface area contributed by atoms with Crippen LogP contribution in [0.3, 0.4) is 0 Å². The predicted molar refractivity (Wildman–Crippen MR) is 129 cm³/mol. The van der Waals surface area contributed by atoms with Gasteiger partial charge < -0.3 is 15.3 Å². The molecular formula is C25H52N2O2. The van der Waals surface area contributed by atoms with Crippen molar-refractivity contribution >= 4 is 5.97 Å². The van der Waals surface area contributed by atoms with E-state index in [1.54, 1.807) is 0 Å². The van der Waals surface area contributed by atoms with Gasteiger partial charge in [-0.25, -0.2) is 0 Å². The summed E-state index contributed by atoms with van der Waals surface area (Å²) >= 11 is 0. The zero-order valence-electron chi connectivity index (χ0n) is 20.2. The zero-order chi connectivity index (χ0) is 22.0. The van der Waals surface area contributed by atoms with Gasteiger partial charge in [0.05, 0.1) is 0 Å². The zero-order valence-corrected chi connectivity index (χ0v) is 20.2. The van der Waals surface area contributed by atoms with E-state index in [-0.39, 0.29) is 0 Å². The summed E-state index contributed by atoms with van der Waals surface area (Å²) in [4.78, 5) is 11.2. The lowest BCUT2D eigenvalue weighted by Gasteiger charge is -2.08. The van der Waals surface area contributed by atoms with Gasteiger partial charge in [0, 0.05) is 13.5 Å². The smallest absolute Gasteiger partial charge is 0.300 e. The minimum Gasteiger partial charge on any atom is -0.481 e. The Bertz CT molecular complexity index is 340. The molecule has 0 heterocycles. The van der Waals surface area contributed by atoms with Crippen molar-refractivity contribution in [3.05, 3.63) is 12.3 Å². The first-order valence-corrected chi connectivity index (χ1v) is 12.2. The molecule has 0 bridgehead atoms. The summed E-state index contributed by atoms with van der Waals surface area (Å²) in [5.74, 6) is -0.833. The monoisotopic (exact) mass is 412 g/mol.